The molecule has 1 N–H and O–H groups in total. The molecule has 5 nitrogen and oxygen atoms in total. The van der Waals surface area contributed by atoms with E-state index in [1.165, 1.54) is 11.3 Å². The van der Waals surface area contributed by atoms with Crippen LogP contribution in [0.5, 0.6) is 0 Å². The minimum atomic E-state index is -3.43. The van der Waals surface area contributed by atoms with Gasteiger partial charge in [-0.15, -0.1) is 11.3 Å². The number of sulfonamides is 1. The third kappa shape index (κ3) is 2.39. The Kier molecular flexibility index (Phi) is 4.07. The van der Waals surface area contributed by atoms with Gasteiger partial charge in [-0.05, 0) is 48.6 Å². The monoisotopic (exact) mass is 342 g/mol. The van der Waals surface area contributed by atoms with Gasteiger partial charge in [0.05, 0.1) is 0 Å². The molecule has 1 aromatic heterocycles. The number of amides is 1. The van der Waals surface area contributed by atoms with E-state index in [4.69, 9.17) is 0 Å². The van der Waals surface area contributed by atoms with E-state index in [-0.39, 0.29) is 17.2 Å². The maximum atomic E-state index is 12.8. The topological polar surface area (TPSA) is 66.5 Å². The van der Waals surface area contributed by atoms with Crippen LogP contribution < -0.4 is 5.32 Å². The van der Waals surface area contributed by atoms with Crippen molar-refractivity contribution in [3.63, 3.8) is 0 Å². The van der Waals surface area contributed by atoms with Crippen molar-refractivity contribution in [2.45, 2.75) is 36.8 Å². The molecule has 0 bridgehead atoms. The Morgan fingerprint density at radius 1 is 1.45 bits per heavy atom. The molecule has 2 atom stereocenters. The van der Waals surface area contributed by atoms with Crippen molar-refractivity contribution in [1.29, 1.82) is 0 Å². The third-order valence-corrected chi connectivity index (χ3v) is 8.72. The van der Waals surface area contributed by atoms with Crippen LogP contribution in [0, 0.1) is 18.3 Å². The summed E-state index contributed by atoms with van der Waals surface area (Å²) >= 11 is 1.28. The fourth-order valence-electron chi connectivity index (χ4n) is 4.01. The molecule has 2 fully saturated rings. The molecule has 0 aromatic carbocycles. The van der Waals surface area contributed by atoms with Gasteiger partial charge in [-0.3, -0.25) is 4.79 Å². The average molecular weight is 342 g/mol. The molecule has 1 aliphatic heterocycles. The largest absolute Gasteiger partial charge is 0.359 e. The van der Waals surface area contributed by atoms with Crippen LogP contribution in [0.15, 0.2) is 15.7 Å². The number of nitrogens with one attached hydrogen (secondary N) is 1. The van der Waals surface area contributed by atoms with Gasteiger partial charge >= 0.3 is 0 Å². The zero-order chi connectivity index (χ0) is 16.0. The second-order valence-corrected chi connectivity index (χ2v) is 9.45. The Labute approximate surface area is 135 Å². The van der Waals surface area contributed by atoms with E-state index in [2.05, 4.69) is 5.32 Å². The molecule has 3 rings (SSSR count). The molecule has 1 spiro atoms. The maximum absolute atomic E-state index is 12.8. The first-order valence-corrected chi connectivity index (χ1v) is 9.98. The Hall–Kier alpha value is -0.920. The number of hydrogen-bond donors (Lipinski definition) is 1. The van der Waals surface area contributed by atoms with Crippen LogP contribution >= 0.6 is 11.3 Å². The lowest BCUT2D eigenvalue weighted by Crippen LogP contribution is -2.40. The standard InChI is InChI=1S/C15H22N2O3S2/c1-11-5-9-21-14(11)22(19,20)17-8-7-15(10-17)6-3-4-12(15)13(18)16-2/h5,9,12H,3-4,6-8,10H2,1-2H3,(H,16,18)/t12-,15-/m1/s1. The van der Waals surface area contributed by atoms with E-state index in [1.807, 2.05) is 18.4 Å². The van der Waals surface area contributed by atoms with Crippen LogP contribution in [-0.2, 0) is 14.8 Å². The van der Waals surface area contributed by atoms with E-state index in [0.717, 1.165) is 31.2 Å². The predicted molar refractivity (Wildman–Crippen MR) is 86.3 cm³/mol. The van der Waals surface area contributed by atoms with Gasteiger partial charge in [0.2, 0.25) is 5.91 Å². The summed E-state index contributed by atoms with van der Waals surface area (Å²) in [5.74, 6) is 0.00573. The van der Waals surface area contributed by atoms with E-state index in [0.29, 0.717) is 17.3 Å². The lowest BCUT2D eigenvalue weighted by Gasteiger charge is -2.30. The summed E-state index contributed by atoms with van der Waals surface area (Å²) in [6.45, 7) is 2.83. The lowest BCUT2D eigenvalue weighted by atomic mass is 9.76. The summed E-state index contributed by atoms with van der Waals surface area (Å²) in [6.07, 6.45) is 3.60. The van der Waals surface area contributed by atoms with Crippen LogP contribution in [0.3, 0.4) is 0 Å². The van der Waals surface area contributed by atoms with Crippen molar-refractivity contribution in [3.05, 3.63) is 17.0 Å². The molecule has 22 heavy (non-hydrogen) atoms. The van der Waals surface area contributed by atoms with Gasteiger partial charge in [-0.25, -0.2) is 8.42 Å². The molecule has 122 valence electrons. The number of thiophene rings is 1. The minimum absolute atomic E-state index is 0.0536. The van der Waals surface area contributed by atoms with Gasteiger partial charge < -0.3 is 5.32 Å². The Bertz CT molecular complexity index is 683. The van der Waals surface area contributed by atoms with Crippen molar-refractivity contribution in [3.8, 4) is 0 Å². The van der Waals surface area contributed by atoms with Gasteiger partial charge in [0, 0.05) is 26.1 Å². The highest BCUT2D eigenvalue weighted by Crippen LogP contribution is 2.51. The number of aryl methyl sites for hydroxylation is 1. The van der Waals surface area contributed by atoms with Gasteiger partial charge in [-0.2, -0.15) is 4.31 Å². The Balaban J connectivity index is 1.86. The first-order chi connectivity index (χ1) is 10.4. The molecule has 1 amide bonds. The maximum Gasteiger partial charge on any atom is 0.252 e. The van der Waals surface area contributed by atoms with Gasteiger partial charge in [0.1, 0.15) is 4.21 Å². The van der Waals surface area contributed by atoms with Gasteiger partial charge in [-0.1, -0.05) is 6.42 Å². The number of carbonyl (C=O) groups is 1. The zero-order valence-electron chi connectivity index (χ0n) is 13.0. The van der Waals surface area contributed by atoms with Crippen LogP contribution in [0.25, 0.3) is 0 Å². The number of hydrogen-bond acceptors (Lipinski definition) is 4. The highest BCUT2D eigenvalue weighted by Gasteiger charge is 2.52. The number of carbonyl (C=O) groups excluding carboxylic acids is 1. The smallest absolute Gasteiger partial charge is 0.252 e. The number of rotatable bonds is 3. The summed E-state index contributed by atoms with van der Waals surface area (Å²) in [5, 5.41) is 4.56. The van der Waals surface area contributed by atoms with Crippen LogP contribution in [0.4, 0.5) is 0 Å². The molecular weight excluding hydrogens is 320 g/mol. The minimum Gasteiger partial charge on any atom is -0.359 e. The highest BCUT2D eigenvalue weighted by molar-refractivity contribution is 7.91. The number of nitrogens with zero attached hydrogens (tertiary/aromatic N) is 1. The van der Waals surface area contributed by atoms with Crippen molar-refractivity contribution < 1.29 is 13.2 Å². The second kappa shape index (κ2) is 5.62. The molecule has 1 saturated heterocycles. The summed E-state index contributed by atoms with van der Waals surface area (Å²) < 4.78 is 27.7. The quantitative estimate of drug-likeness (QED) is 0.913. The van der Waals surface area contributed by atoms with Crippen LogP contribution in [-0.4, -0.2) is 38.8 Å². The Morgan fingerprint density at radius 3 is 2.86 bits per heavy atom. The van der Waals surface area contributed by atoms with Crippen molar-refractivity contribution in [2.24, 2.45) is 11.3 Å². The molecule has 1 saturated carbocycles. The Morgan fingerprint density at radius 2 is 2.23 bits per heavy atom. The zero-order valence-corrected chi connectivity index (χ0v) is 14.6. The van der Waals surface area contributed by atoms with Crippen LogP contribution in [0.1, 0.15) is 31.2 Å². The van der Waals surface area contributed by atoms with Gasteiger partial charge in [0.15, 0.2) is 0 Å². The third-order valence-electron chi connectivity index (χ3n) is 5.21. The first-order valence-electron chi connectivity index (χ1n) is 7.66. The summed E-state index contributed by atoms with van der Waals surface area (Å²) in [4.78, 5) is 12.1. The SMILES string of the molecule is CNC(=O)[C@H]1CCC[C@]12CCN(S(=O)(=O)c1sccc1C)C2. The molecular formula is C15H22N2O3S2. The second-order valence-electron chi connectivity index (χ2n) is 6.40. The van der Waals surface area contributed by atoms with Gasteiger partial charge in [0.25, 0.3) is 10.0 Å². The summed E-state index contributed by atoms with van der Waals surface area (Å²) in [7, 11) is -1.77. The fraction of sp³-hybridized carbons (Fsp3) is 0.667. The fourth-order valence-corrected chi connectivity index (χ4v) is 7.10. The predicted octanol–water partition coefficient (Wildman–Crippen LogP) is 1.98. The van der Waals surface area contributed by atoms with Crippen molar-refractivity contribution in [1.82, 2.24) is 9.62 Å². The normalized spacial score (nSPS) is 29.3. The van der Waals surface area contributed by atoms with E-state index >= 15 is 0 Å². The molecule has 2 heterocycles. The molecule has 7 heteroatoms. The van der Waals surface area contributed by atoms with E-state index < -0.39 is 10.0 Å². The lowest BCUT2D eigenvalue weighted by molar-refractivity contribution is -0.127. The molecule has 1 aliphatic carbocycles. The highest BCUT2D eigenvalue weighted by atomic mass is 32.2. The van der Waals surface area contributed by atoms with E-state index in [9.17, 15) is 13.2 Å². The van der Waals surface area contributed by atoms with E-state index in [1.54, 1.807) is 11.4 Å². The molecule has 2 aliphatic rings. The molecule has 0 unspecified atom stereocenters. The van der Waals surface area contributed by atoms with Crippen LogP contribution in [0.2, 0.25) is 0 Å². The molecule has 1 aromatic rings. The first kappa shape index (κ1) is 16.0. The average Bonchev–Trinajstić information content (AvgIpc) is 3.20. The van der Waals surface area contributed by atoms with Crippen molar-refractivity contribution in [2.75, 3.05) is 20.1 Å². The summed E-state index contributed by atoms with van der Waals surface area (Å²) in [6, 6.07) is 1.84. The summed E-state index contributed by atoms with van der Waals surface area (Å²) in [5.41, 5.74) is 0.637. The van der Waals surface area contributed by atoms with Crippen molar-refractivity contribution >= 4 is 27.3 Å². The molecule has 0 radical (unpaired) electrons.